The molecule has 2 saturated heterocycles. The topological polar surface area (TPSA) is 70.8 Å². The summed E-state index contributed by atoms with van der Waals surface area (Å²) in [5.41, 5.74) is 0.738. The molecule has 1 unspecified atom stereocenters. The van der Waals surface area contributed by atoms with Crippen LogP contribution in [-0.2, 0) is 23.1 Å². The first-order valence-electron chi connectivity index (χ1n) is 8.99. The predicted molar refractivity (Wildman–Crippen MR) is 93.8 cm³/mol. The number of hydrogen-bond donors (Lipinski definition) is 1. The summed E-state index contributed by atoms with van der Waals surface area (Å²) >= 11 is 0. The summed E-state index contributed by atoms with van der Waals surface area (Å²) in [5, 5.41) is 9.92. The lowest BCUT2D eigenvalue weighted by molar-refractivity contribution is -0.140. The quantitative estimate of drug-likeness (QED) is 0.844. The second kappa shape index (κ2) is 7.05. The van der Waals surface area contributed by atoms with Gasteiger partial charge in [0.2, 0.25) is 5.91 Å². The van der Waals surface area contributed by atoms with E-state index >= 15 is 0 Å². The van der Waals surface area contributed by atoms with E-state index in [1.165, 1.54) is 7.11 Å². The van der Waals surface area contributed by atoms with Crippen LogP contribution in [0.4, 0.5) is 0 Å². The molecule has 7 nitrogen and oxygen atoms in total. The third kappa shape index (κ3) is 3.73. The zero-order valence-corrected chi connectivity index (χ0v) is 15.6. The van der Waals surface area contributed by atoms with Crippen LogP contribution in [0.25, 0.3) is 0 Å². The molecule has 1 N–H and O–H groups in total. The van der Waals surface area contributed by atoms with Crippen LogP contribution < -0.4 is 0 Å². The second-order valence-corrected chi connectivity index (χ2v) is 8.05. The number of nitrogens with zero attached hydrogens (tertiary/aromatic N) is 4. The van der Waals surface area contributed by atoms with Crippen LogP contribution in [0.15, 0.2) is 12.5 Å². The first-order chi connectivity index (χ1) is 11.9. The summed E-state index contributed by atoms with van der Waals surface area (Å²) in [6.45, 7) is 5.69. The Morgan fingerprint density at radius 2 is 2.12 bits per heavy atom. The van der Waals surface area contributed by atoms with Gasteiger partial charge < -0.3 is 19.3 Å². The highest BCUT2D eigenvalue weighted by atomic mass is 16.5. The molecule has 1 aromatic heterocycles. The largest absolute Gasteiger partial charge is 0.394 e. The third-order valence-electron chi connectivity index (χ3n) is 5.87. The lowest BCUT2D eigenvalue weighted by Crippen LogP contribution is -2.49. The maximum atomic E-state index is 12.4. The molecule has 7 heteroatoms. The van der Waals surface area contributed by atoms with Gasteiger partial charge in [-0.05, 0) is 44.7 Å². The van der Waals surface area contributed by atoms with E-state index < -0.39 is 5.54 Å². The van der Waals surface area contributed by atoms with E-state index in [2.05, 4.69) is 16.1 Å². The number of carbonyl (C=O) groups excluding carboxylic acids is 1. The summed E-state index contributed by atoms with van der Waals surface area (Å²) in [7, 11) is 3.53. The monoisotopic (exact) mass is 350 g/mol. The summed E-state index contributed by atoms with van der Waals surface area (Å²) < 4.78 is 7.00. The van der Waals surface area contributed by atoms with Crippen molar-refractivity contribution in [1.82, 2.24) is 19.4 Å². The van der Waals surface area contributed by atoms with Crippen molar-refractivity contribution in [3.05, 3.63) is 18.2 Å². The highest BCUT2D eigenvalue weighted by molar-refractivity contribution is 5.78. The Labute approximate surface area is 149 Å². The number of aliphatic hydroxyl groups is 1. The van der Waals surface area contributed by atoms with Gasteiger partial charge >= 0.3 is 0 Å². The maximum Gasteiger partial charge on any atom is 0.249 e. The Hall–Kier alpha value is -1.44. The molecular weight excluding hydrogens is 320 g/mol. The van der Waals surface area contributed by atoms with E-state index in [1.807, 2.05) is 29.8 Å². The van der Waals surface area contributed by atoms with Crippen molar-refractivity contribution in [2.24, 2.45) is 12.5 Å². The van der Waals surface area contributed by atoms with Gasteiger partial charge in [-0.2, -0.15) is 0 Å². The minimum absolute atomic E-state index is 0.00184. The molecule has 0 aromatic carbocycles. The SMILES string of the molecule is COCC(=O)N1CC2(CCN(Cc3cn(C)cn3)CC2)CC1(C)CO. The maximum absolute atomic E-state index is 12.4. The smallest absolute Gasteiger partial charge is 0.249 e. The number of methoxy groups -OCH3 is 1. The molecule has 3 heterocycles. The van der Waals surface area contributed by atoms with Gasteiger partial charge in [-0.25, -0.2) is 4.98 Å². The number of aryl methyl sites for hydroxylation is 1. The van der Waals surface area contributed by atoms with Crippen LogP contribution in [0.1, 0.15) is 31.9 Å². The van der Waals surface area contributed by atoms with Crippen LogP contribution in [-0.4, -0.2) is 75.9 Å². The number of aliphatic hydroxyl groups excluding tert-OH is 1. The zero-order valence-electron chi connectivity index (χ0n) is 15.6. The molecule has 0 saturated carbocycles. The van der Waals surface area contributed by atoms with Gasteiger partial charge in [0, 0.05) is 33.4 Å². The molecule has 1 aromatic rings. The highest BCUT2D eigenvalue weighted by Crippen LogP contribution is 2.48. The Kier molecular flexibility index (Phi) is 5.18. The summed E-state index contributed by atoms with van der Waals surface area (Å²) in [4.78, 5) is 21.1. The number of likely N-dealkylation sites (tertiary alicyclic amines) is 2. The standard InChI is InChI=1S/C18H30N4O3/c1-17(13-23)11-18(12-22(17)16(24)10-25-3)4-6-21(7-5-18)9-15-8-20(2)14-19-15/h8,14,23H,4-7,9-13H2,1-3H3. The molecule has 25 heavy (non-hydrogen) atoms. The lowest BCUT2D eigenvalue weighted by atomic mass is 9.74. The van der Waals surface area contributed by atoms with Crippen molar-refractivity contribution in [3.8, 4) is 0 Å². The predicted octanol–water partition coefficient (Wildman–Crippen LogP) is 0.632. The zero-order chi connectivity index (χ0) is 18.1. The Balaban J connectivity index is 1.63. The van der Waals surface area contributed by atoms with Crippen LogP contribution >= 0.6 is 0 Å². The molecule has 0 aliphatic carbocycles. The average Bonchev–Trinajstić information content (AvgIpc) is 3.12. The number of imidazole rings is 1. The van der Waals surface area contributed by atoms with E-state index in [0.29, 0.717) is 0 Å². The molecule has 1 spiro atoms. The molecule has 0 radical (unpaired) electrons. The fraction of sp³-hybridized carbons (Fsp3) is 0.778. The van der Waals surface area contributed by atoms with Gasteiger partial charge in [0.25, 0.3) is 0 Å². The van der Waals surface area contributed by atoms with Crippen LogP contribution in [0.5, 0.6) is 0 Å². The number of carbonyl (C=O) groups is 1. The first kappa shape index (κ1) is 18.4. The number of piperidine rings is 1. The van der Waals surface area contributed by atoms with Crippen molar-refractivity contribution in [2.45, 2.75) is 38.3 Å². The Morgan fingerprint density at radius 3 is 2.68 bits per heavy atom. The van der Waals surface area contributed by atoms with Gasteiger partial charge in [0.05, 0.1) is 24.2 Å². The van der Waals surface area contributed by atoms with Crippen molar-refractivity contribution < 1.29 is 14.6 Å². The van der Waals surface area contributed by atoms with Gasteiger partial charge in [-0.3, -0.25) is 9.69 Å². The number of hydrogen-bond acceptors (Lipinski definition) is 5. The minimum Gasteiger partial charge on any atom is -0.394 e. The van der Waals surface area contributed by atoms with E-state index in [0.717, 1.165) is 51.1 Å². The molecule has 0 bridgehead atoms. The van der Waals surface area contributed by atoms with E-state index in [4.69, 9.17) is 4.74 Å². The molecular formula is C18H30N4O3. The third-order valence-corrected chi connectivity index (χ3v) is 5.87. The van der Waals surface area contributed by atoms with Crippen molar-refractivity contribution in [2.75, 3.05) is 40.0 Å². The molecule has 1 amide bonds. The van der Waals surface area contributed by atoms with Crippen molar-refractivity contribution >= 4 is 5.91 Å². The van der Waals surface area contributed by atoms with E-state index in [1.54, 1.807) is 0 Å². The molecule has 2 fully saturated rings. The molecule has 2 aliphatic heterocycles. The summed E-state index contributed by atoms with van der Waals surface area (Å²) in [6, 6.07) is 0. The average molecular weight is 350 g/mol. The van der Waals surface area contributed by atoms with Crippen LogP contribution in [0.3, 0.4) is 0 Å². The van der Waals surface area contributed by atoms with Gasteiger partial charge in [0.15, 0.2) is 0 Å². The van der Waals surface area contributed by atoms with Crippen molar-refractivity contribution in [3.63, 3.8) is 0 Å². The molecule has 140 valence electrons. The van der Waals surface area contributed by atoms with Crippen LogP contribution in [0.2, 0.25) is 0 Å². The van der Waals surface area contributed by atoms with Crippen molar-refractivity contribution in [1.29, 1.82) is 0 Å². The number of rotatable bonds is 5. The van der Waals surface area contributed by atoms with Gasteiger partial charge in [-0.15, -0.1) is 0 Å². The molecule has 2 aliphatic rings. The fourth-order valence-electron chi connectivity index (χ4n) is 4.52. The lowest BCUT2D eigenvalue weighted by Gasteiger charge is -2.39. The normalized spacial score (nSPS) is 26.5. The van der Waals surface area contributed by atoms with Gasteiger partial charge in [0.1, 0.15) is 6.61 Å². The second-order valence-electron chi connectivity index (χ2n) is 8.05. The highest BCUT2D eigenvalue weighted by Gasteiger charge is 2.52. The number of amides is 1. The number of ether oxygens (including phenoxy) is 1. The summed E-state index contributed by atoms with van der Waals surface area (Å²) in [6.07, 6.45) is 6.86. The molecule has 1 atom stereocenters. The molecule has 3 rings (SSSR count). The Morgan fingerprint density at radius 1 is 1.40 bits per heavy atom. The van der Waals surface area contributed by atoms with Gasteiger partial charge in [-0.1, -0.05) is 0 Å². The first-order valence-corrected chi connectivity index (χ1v) is 8.99. The number of aromatic nitrogens is 2. The van der Waals surface area contributed by atoms with E-state index in [-0.39, 0.29) is 24.5 Å². The minimum atomic E-state index is -0.473. The fourth-order valence-corrected chi connectivity index (χ4v) is 4.52. The Bertz CT molecular complexity index is 609. The summed E-state index contributed by atoms with van der Waals surface area (Å²) in [5.74, 6) is -0.0214. The van der Waals surface area contributed by atoms with E-state index in [9.17, 15) is 9.90 Å². The van der Waals surface area contributed by atoms with Crippen LogP contribution in [0, 0.1) is 5.41 Å².